The Morgan fingerprint density at radius 1 is 1.19 bits per heavy atom. The maximum atomic E-state index is 5.13. The average molecular weight is 350 g/mol. The summed E-state index contributed by atoms with van der Waals surface area (Å²) in [5.74, 6) is 1.63. The molecule has 0 bridgehead atoms. The molecular formula is C16H20BrN3O. The predicted molar refractivity (Wildman–Crippen MR) is 89.5 cm³/mol. The summed E-state index contributed by atoms with van der Waals surface area (Å²) in [6.07, 6.45) is 1.74. The third-order valence-corrected chi connectivity index (χ3v) is 3.77. The topological polar surface area (TPSA) is 47.0 Å². The number of methoxy groups -OCH3 is 1. The van der Waals surface area contributed by atoms with E-state index in [2.05, 4.69) is 50.3 Å². The predicted octanol–water partition coefficient (Wildman–Crippen LogP) is 3.92. The van der Waals surface area contributed by atoms with Gasteiger partial charge in [0.05, 0.1) is 16.8 Å². The van der Waals surface area contributed by atoms with E-state index in [1.165, 1.54) is 0 Å². The third kappa shape index (κ3) is 4.25. The molecule has 0 saturated carbocycles. The second-order valence-electron chi connectivity index (χ2n) is 4.69. The molecule has 1 N–H and O–H groups in total. The first kappa shape index (κ1) is 15.9. The van der Waals surface area contributed by atoms with E-state index in [4.69, 9.17) is 4.74 Å². The van der Waals surface area contributed by atoms with Gasteiger partial charge in [-0.15, -0.1) is 0 Å². The molecular weight excluding hydrogens is 330 g/mol. The molecule has 0 aliphatic rings. The summed E-state index contributed by atoms with van der Waals surface area (Å²) in [4.78, 5) is 9.26. The Morgan fingerprint density at radius 2 is 1.95 bits per heavy atom. The largest absolute Gasteiger partial charge is 0.384 e. The van der Waals surface area contributed by atoms with Gasteiger partial charge >= 0.3 is 0 Å². The smallest absolute Gasteiger partial charge is 0.144 e. The summed E-state index contributed by atoms with van der Waals surface area (Å²) in [7, 11) is 1.69. The van der Waals surface area contributed by atoms with Gasteiger partial charge in [-0.05, 0) is 22.4 Å². The Kier molecular flexibility index (Phi) is 6.14. The van der Waals surface area contributed by atoms with E-state index in [1.807, 2.05) is 18.2 Å². The minimum Gasteiger partial charge on any atom is -0.384 e. The minimum absolute atomic E-state index is 0.614. The molecule has 0 amide bonds. The van der Waals surface area contributed by atoms with Crippen LogP contribution in [0.2, 0.25) is 0 Å². The number of aromatic nitrogens is 2. The van der Waals surface area contributed by atoms with E-state index in [-0.39, 0.29) is 0 Å². The summed E-state index contributed by atoms with van der Waals surface area (Å²) in [6.45, 7) is 3.63. The summed E-state index contributed by atoms with van der Waals surface area (Å²) in [5, 5.41) is 3.35. The molecule has 1 heterocycles. The molecule has 2 rings (SSSR count). The molecule has 21 heavy (non-hydrogen) atoms. The second kappa shape index (κ2) is 8.10. The Hall–Kier alpha value is -1.46. The lowest BCUT2D eigenvalue weighted by Gasteiger charge is -2.13. The molecule has 0 atom stereocenters. The number of halogens is 1. The summed E-state index contributed by atoms with van der Waals surface area (Å²) in [6, 6.07) is 10.1. The van der Waals surface area contributed by atoms with Crippen LogP contribution in [0.3, 0.4) is 0 Å². The highest BCUT2D eigenvalue weighted by Gasteiger charge is 2.13. The van der Waals surface area contributed by atoms with Gasteiger partial charge in [-0.3, -0.25) is 0 Å². The van der Waals surface area contributed by atoms with Crippen LogP contribution in [-0.2, 0) is 11.2 Å². The van der Waals surface area contributed by atoms with Crippen molar-refractivity contribution < 1.29 is 4.74 Å². The lowest BCUT2D eigenvalue weighted by Crippen LogP contribution is -2.09. The fourth-order valence-electron chi connectivity index (χ4n) is 1.95. The van der Waals surface area contributed by atoms with Crippen molar-refractivity contribution in [2.75, 3.05) is 25.6 Å². The van der Waals surface area contributed by atoms with E-state index in [9.17, 15) is 0 Å². The molecule has 0 aliphatic carbocycles. The molecule has 0 fully saturated rings. The molecule has 0 saturated heterocycles. The molecule has 2 aromatic rings. The van der Waals surface area contributed by atoms with Gasteiger partial charge in [0.1, 0.15) is 11.6 Å². The molecule has 1 aromatic heterocycles. The van der Waals surface area contributed by atoms with Crippen molar-refractivity contribution >= 4 is 21.7 Å². The van der Waals surface area contributed by atoms with Crippen LogP contribution >= 0.6 is 15.9 Å². The van der Waals surface area contributed by atoms with Crippen LogP contribution < -0.4 is 5.32 Å². The number of hydrogen-bond acceptors (Lipinski definition) is 4. The fourth-order valence-corrected chi connectivity index (χ4v) is 2.49. The molecule has 1 aromatic carbocycles. The average Bonchev–Trinajstić information content (AvgIpc) is 2.53. The van der Waals surface area contributed by atoms with Crippen LogP contribution in [-0.4, -0.2) is 30.2 Å². The molecule has 112 valence electrons. The first-order valence-electron chi connectivity index (χ1n) is 7.11. The first-order chi connectivity index (χ1) is 10.3. The van der Waals surface area contributed by atoms with Gasteiger partial charge in [0.25, 0.3) is 0 Å². The van der Waals surface area contributed by atoms with Crippen LogP contribution in [0.1, 0.15) is 19.2 Å². The Balaban J connectivity index is 2.41. The standard InChI is InChI=1S/C16H20BrN3O/c1-3-10-18-16-14(17)15(12-7-5-4-6-8-12)19-13(20-16)9-11-21-2/h4-8H,3,9-11H2,1-2H3,(H,18,19,20). The molecule has 0 aliphatic heterocycles. The van der Waals surface area contributed by atoms with Crippen molar-refractivity contribution in [1.29, 1.82) is 0 Å². The van der Waals surface area contributed by atoms with E-state index in [0.29, 0.717) is 13.0 Å². The van der Waals surface area contributed by atoms with Crippen molar-refractivity contribution in [2.45, 2.75) is 19.8 Å². The van der Waals surface area contributed by atoms with Crippen LogP contribution in [0.5, 0.6) is 0 Å². The second-order valence-corrected chi connectivity index (χ2v) is 5.48. The highest BCUT2D eigenvalue weighted by Crippen LogP contribution is 2.31. The van der Waals surface area contributed by atoms with E-state index >= 15 is 0 Å². The maximum Gasteiger partial charge on any atom is 0.144 e. The molecule has 0 radical (unpaired) electrons. The Labute approximate surface area is 134 Å². The molecule has 0 unspecified atom stereocenters. The van der Waals surface area contributed by atoms with E-state index < -0.39 is 0 Å². The summed E-state index contributed by atoms with van der Waals surface area (Å²) >= 11 is 3.63. The van der Waals surface area contributed by atoms with Crippen molar-refractivity contribution in [2.24, 2.45) is 0 Å². The molecule has 4 nitrogen and oxygen atoms in total. The number of nitrogens with zero attached hydrogens (tertiary/aromatic N) is 2. The van der Waals surface area contributed by atoms with Gasteiger partial charge < -0.3 is 10.1 Å². The Bertz CT molecular complexity index is 575. The van der Waals surface area contributed by atoms with E-state index in [0.717, 1.165) is 40.3 Å². The van der Waals surface area contributed by atoms with Gasteiger partial charge in [0.15, 0.2) is 0 Å². The zero-order chi connectivity index (χ0) is 15.1. The number of rotatable bonds is 7. The summed E-state index contributed by atoms with van der Waals surface area (Å²) in [5.41, 5.74) is 1.99. The van der Waals surface area contributed by atoms with Crippen LogP contribution in [0.25, 0.3) is 11.3 Å². The van der Waals surface area contributed by atoms with Crippen LogP contribution in [0, 0.1) is 0 Å². The number of hydrogen-bond donors (Lipinski definition) is 1. The maximum absolute atomic E-state index is 5.13. The van der Waals surface area contributed by atoms with Crippen LogP contribution in [0.15, 0.2) is 34.8 Å². The van der Waals surface area contributed by atoms with Gasteiger partial charge in [0, 0.05) is 25.6 Å². The lowest BCUT2D eigenvalue weighted by atomic mass is 10.1. The molecule has 0 spiro atoms. The van der Waals surface area contributed by atoms with Crippen molar-refractivity contribution in [3.8, 4) is 11.3 Å². The van der Waals surface area contributed by atoms with Crippen LogP contribution in [0.4, 0.5) is 5.82 Å². The normalized spacial score (nSPS) is 10.6. The number of anilines is 1. The highest BCUT2D eigenvalue weighted by molar-refractivity contribution is 9.10. The number of ether oxygens (including phenoxy) is 1. The van der Waals surface area contributed by atoms with Gasteiger partial charge in [0.2, 0.25) is 0 Å². The van der Waals surface area contributed by atoms with Gasteiger partial charge in [-0.25, -0.2) is 9.97 Å². The van der Waals surface area contributed by atoms with Gasteiger partial charge in [-0.2, -0.15) is 0 Å². The van der Waals surface area contributed by atoms with Crippen molar-refractivity contribution in [3.63, 3.8) is 0 Å². The fraction of sp³-hybridized carbons (Fsp3) is 0.375. The number of benzene rings is 1. The quantitative estimate of drug-likeness (QED) is 0.822. The SMILES string of the molecule is CCCNc1nc(CCOC)nc(-c2ccccc2)c1Br. The monoisotopic (exact) mass is 349 g/mol. The lowest BCUT2D eigenvalue weighted by molar-refractivity contribution is 0.200. The third-order valence-electron chi connectivity index (χ3n) is 3.02. The van der Waals surface area contributed by atoms with Crippen molar-refractivity contribution in [3.05, 3.63) is 40.6 Å². The van der Waals surface area contributed by atoms with E-state index in [1.54, 1.807) is 7.11 Å². The highest BCUT2D eigenvalue weighted by atomic mass is 79.9. The Morgan fingerprint density at radius 3 is 2.62 bits per heavy atom. The first-order valence-corrected chi connectivity index (χ1v) is 7.90. The summed E-state index contributed by atoms with van der Waals surface area (Å²) < 4.78 is 6.04. The zero-order valence-electron chi connectivity index (χ0n) is 12.4. The van der Waals surface area contributed by atoms with Crippen molar-refractivity contribution in [1.82, 2.24) is 9.97 Å². The number of nitrogens with one attached hydrogen (secondary N) is 1. The zero-order valence-corrected chi connectivity index (χ0v) is 14.0. The molecule has 5 heteroatoms. The minimum atomic E-state index is 0.614. The van der Waals surface area contributed by atoms with Gasteiger partial charge in [-0.1, -0.05) is 37.3 Å².